The second-order valence-electron chi connectivity index (χ2n) is 3.74. The molecule has 0 aliphatic heterocycles. The molecule has 0 amide bonds. The minimum absolute atomic E-state index is 0.0736. The Morgan fingerprint density at radius 1 is 1.50 bits per heavy atom. The molecule has 0 aliphatic carbocycles. The van der Waals surface area contributed by atoms with E-state index < -0.39 is 20.6 Å². The molecule has 9 heteroatoms. The van der Waals surface area contributed by atoms with E-state index in [0.29, 0.717) is 5.75 Å². The standard InChI is InChI=1S/C11H15N3O4S2/c1-2-6-19-7-5-13-20(17,18)9-3-4-10(12)11(8-9)14(15)16/h2-4,8,13H,1,5-7,12H2. The van der Waals surface area contributed by atoms with Gasteiger partial charge in [0.15, 0.2) is 0 Å². The van der Waals surface area contributed by atoms with Gasteiger partial charge in [0.2, 0.25) is 10.0 Å². The van der Waals surface area contributed by atoms with Crippen LogP contribution in [-0.4, -0.2) is 31.4 Å². The third-order valence-electron chi connectivity index (χ3n) is 2.28. The highest BCUT2D eigenvalue weighted by Crippen LogP contribution is 2.24. The van der Waals surface area contributed by atoms with Crippen LogP contribution in [0.5, 0.6) is 0 Å². The summed E-state index contributed by atoms with van der Waals surface area (Å²) in [6.07, 6.45) is 1.72. The fraction of sp³-hybridized carbons (Fsp3) is 0.273. The van der Waals surface area contributed by atoms with Gasteiger partial charge in [-0.15, -0.1) is 6.58 Å². The topological polar surface area (TPSA) is 115 Å². The fourth-order valence-electron chi connectivity index (χ4n) is 1.35. The Bertz CT molecular complexity index is 602. The Kier molecular flexibility index (Phi) is 5.99. The molecule has 20 heavy (non-hydrogen) atoms. The number of nitro groups is 1. The van der Waals surface area contributed by atoms with Crippen LogP contribution in [0.1, 0.15) is 0 Å². The number of anilines is 1. The lowest BCUT2D eigenvalue weighted by Gasteiger charge is -2.07. The SMILES string of the molecule is C=CCSCCNS(=O)(=O)c1ccc(N)c([N+](=O)[O-])c1. The molecule has 1 aromatic carbocycles. The van der Waals surface area contributed by atoms with E-state index in [9.17, 15) is 18.5 Å². The quantitative estimate of drug-likeness (QED) is 0.246. The Morgan fingerprint density at radius 2 is 2.20 bits per heavy atom. The number of nitrogens with zero attached hydrogens (tertiary/aromatic N) is 1. The van der Waals surface area contributed by atoms with Crippen molar-refractivity contribution in [3.63, 3.8) is 0 Å². The molecule has 0 bridgehead atoms. The summed E-state index contributed by atoms with van der Waals surface area (Å²) in [6, 6.07) is 3.40. The van der Waals surface area contributed by atoms with Crippen LogP contribution in [0.4, 0.5) is 11.4 Å². The van der Waals surface area contributed by atoms with Gasteiger partial charge in [-0.05, 0) is 12.1 Å². The highest BCUT2D eigenvalue weighted by Gasteiger charge is 2.19. The van der Waals surface area contributed by atoms with Gasteiger partial charge in [0.25, 0.3) is 5.69 Å². The molecule has 0 saturated carbocycles. The average Bonchev–Trinajstić information content (AvgIpc) is 2.38. The van der Waals surface area contributed by atoms with Crippen molar-refractivity contribution >= 4 is 33.2 Å². The van der Waals surface area contributed by atoms with Gasteiger partial charge in [-0.25, -0.2) is 13.1 Å². The van der Waals surface area contributed by atoms with Crippen molar-refractivity contribution in [1.82, 2.24) is 4.72 Å². The number of nitrogens with one attached hydrogen (secondary N) is 1. The van der Waals surface area contributed by atoms with Crippen molar-refractivity contribution in [3.05, 3.63) is 41.0 Å². The first-order chi connectivity index (χ1) is 9.38. The number of benzene rings is 1. The Morgan fingerprint density at radius 3 is 2.80 bits per heavy atom. The Labute approximate surface area is 121 Å². The van der Waals surface area contributed by atoms with Crippen LogP contribution < -0.4 is 10.5 Å². The van der Waals surface area contributed by atoms with E-state index in [1.807, 2.05) is 0 Å². The number of nitrogen functional groups attached to an aromatic ring is 1. The lowest BCUT2D eigenvalue weighted by Crippen LogP contribution is -2.26. The predicted octanol–water partition coefficient (Wildman–Crippen LogP) is 1.37. The molecule has 0 heterocycles. The Hall–Kier alpha value is -1.58. The monoisotopic (exact) mass is 317 g/mol. The summed E-state index contributed by atoms with van der Waals surface area (Å²) in [5, 5.41) is 10.7. The van der Waals surface area contributed by atoms with Gasteiger partial charge in [0.1, 0.15) is 5.69 Å². The Balaban J connectivity index is 2.80. The van der Waals surface area contributed by atoms with E-state index in [2.05, 4.69) is 11.3 Å². The van der Waals surface area contributed by atoms with Crippen molar-refractivity contribution in [2.24, 2.45) is 0 Å². The van der Waals surface area contributed by atoms with Gasteiger partial charge in [0.05, 0.1) is 9.82 Å². The second-order valence-corrected chi connectivity index (χ2v) is 6.66. The van der Waals surface area contributed by atoms with Crippen molar-refractivity contribution in [3.8, 4) is 0 Å². The molecule has 0 saturated heterocycles. The molecule has 7 nitrogen and oxygen atoms in total. The summed E-state index contributed by atoms with van der Waals surface area (Å²) in [7, 11) is -3.77. The third-order valence-corrected chi connectivity index (χ3v) is 4.71. The van der Waals surface area contributed by atoms with E-state index in [4.69, 9.17) is 5.73 Å². The van der Waals surface area contributed by atoms with Crippen LogP contribution in [0.25, 0.3) is 0 Å². The van der Waals surface area contributed by atoms with Crippen molar-refractivity contribution in [2.75, 3.05) is 23.8 Å². The van der Waals surface area contributed by atoms with Crippen LogP contribution >= 0.6 is 11.8 Å². The first kappa shape index (κ1) is 16.5. The van der Waals surface area contributed by atoms with Gasteiger partial charge in [-0.2, -0.15) is 11.8 Å². The summed E-state index contributed by atoms with van der Waals surface area (Å²) >= 11 is 1.53. The smallest absolute Gasteiger partial charge is 0.293 e. The maximum Gasteiger partial charge on any atom is 0.293 e. The number of hydrogen-bond acceptors (Lipinski definition) is 6. The summed E-state index contributed by atoms with van der Waals surface area (Å²) in [4.78, 5) is 9.84. The molecule has 3 N–H and O–H groups in total. The van der Waals surface area contributed by atoms with Crippen LogP contribution in [-0.2, 0) is 10.0 Å². The minimum Gasteiger partial charge on any atom is -0.393 e. The molecule has 0 aromatic heterocycles. The summed E-state index contributed by atoms with van der Waals surface area (Å²) < 4.78 is 26.3. The van der Waals surface area contributed by atoms with Crippen molar-refractivity contribution in [1.29, 1.82) is 0 Å². The number of thioether (sulfide) groups is 1. The highest BCUT2D eigenvalue weighted by atomic mass is 32.2. The molecule has 1 rings (SSSR count). The molecule has 0 radical (unpaired) electrons. The number of rotatable bonds is 8. The molecule has 0 aliphatic rings. The van der Waals surface area contributed by atoms with Crippen LogP contribution in [0.2, 0.25) is 0 Å². The molecule has 0 unspecified atom stereocenters. The number of nitrogens with two attached hydrogens (primary N) is 1. The average molecular weight is 317 g/mol. The van der Waals surface area contributed by atoms with E-state index in [-0.39, 0.29) is 17.1 Å². The van der Waals surface area contributed by atoms with E-state index in [0.717, 1.165) is 11.8 Å². The lowest BCUT2D eigenvalue weighted by molar-refractivity contribution is -0.384. The summed E-state index contributed by atoms with van der Waals surface area (Å²) in [5.41, 5.74) is 4.92. The maximum absolute atomic E-state index is 11.9. The van der Waals surface area contributed by atoms with Gasteiger partial charge >= 0.3 is 0 Å². The largest absolute Gasteiger partial charge is 0.393 e. The zero-order valence-electron chi connectivity index (χ0n) is 10.6. The van der Waals surface area contributed by atoms with Gasteiger partial charge in [-0.3, -0.25) is 10.1 Å². The molecule has 0 spiro atoms. The van der Waals surface area contributed by atoms with Crippen LogP contribution in [0.3, 0.4) is 0 Å². The second kappa shape index (κ2) is 7.27. The van der Waals surface area contributed by atoms with Gasteiger partial charge in [0, 0.05) is 24.1 Å². The number of sulfonamides is 1. The van der Waals surface area contributed by atoms with Crippen molar-refractivity contribution in [2.45, 2.75) is 4.90 Å². The van der Waals surface area contributed by atoms with E-state index in [1.54, 1.807) is 6.08 Å². The summed E-state index contributed by atoms with van der Waals surface area (Å²) in [6.45, 7) is 3.79. The van der Waals surface area contributed by atoms with Crippen LogP contribution in [0.15, 0.2) is 35.7 Å². The summed E-state index contributed by atoms with van der Waals surface area (Å²) in [5.74, 6) is 1.32. The fourth-order valence-corrected chi connectivity index (χ4v) is 3.11. The third kappa shape index (κ3) is 4.51. The molecule has 0 fully saturated rings. The van der Waals surface area contributed by atoms with Gasteiger partial charge < -0.3 is 5.73 Å². The normalized spacial score (nSPS) is 11.2. The molecule has 110 valence electrons. The first-order valence-electron chi connectivity index (χ1n) is 5.60. The first-order valence-corrected chi connectivity index (χ1v) is 8.24. The zero-order chi connectivity index (χ0) is 15.2. The van der Waals surface area contributed by atoms with E-state index >= 15 is 0 Å². The number of nitro benzene ring substituents is 1. The molecule has 0 atom stereocenters. The minimum atomic E-state index is -3.77. The maximum atomic E-state index is 11.9. The molecular formula is C11H15N3O4S2. The van der Waals surface area contributed by atoms with E-state index in [1.165, 1.54) is 23.9 Å². The molecular weight excluding hydrogens is 302 g/mol. The molecule has 1 aromatic rings. The lowest BCUT2D eigenvalue weighted by atomic mass is 10.3. The van der Waals surface area contributed by atoms with Gasteiger partial charge in [-0.1, -0.05) is 6.08 Å². The van der Waals surface area contributed by atoms with Crippen molar-refractivity contribution < 1.29 is 13.3 Å². The predicted molar refractivity (Wildman–Crippen MR) is 80.2 cm³/mol. The highest BCUT2D eigenvalue weighted by molar-refractivity contribution is 7.99. The zero-order valence-corrected chi connectivity index (χ0v) is 12.2. The van der Waals surface area contributed by atoms with Crippen LogP contribution in [0, 0.1) is 10.1 Å². The number of hydrogen-bond donors (Lipinski definition) is 2.